The van der Waals surface area contributed by atoms with E-state index in [1.807, 2.05) is 17.0 Å². The molecule has 1 saturated heterocycles. The third-order valence-corrected chi connectivity index (χ3v) is 4.85. The molecule has 2 fully saturated rings. The van der Waals surface area contributed by atoms with E-state index in [9.17, 15) is 9.90 Å². The largest absolute Gasteiger partial charge is 0.393 e. The lowest BCUT2D eigenvalue weighted by Crippen LogP contribution is -2.54. The number of aliphatic hydroxyl groups is 1. The minimum atomic E-state index is -0.196. The quantitative estimate of drug-likeness (QED) is 0.863. The number of nitrogens with one attached hydrogen (secondary N) is 1. The highest BCUT2D eigenvalue weighted by Crippen LogP contribution is 2.19. The van der Waals surface area contributed by atoms with Crippen molar-refractivity contribution in [2.75, 3.05) is 31.1 Å². The summed E-state index contributed by atoms with van der Waals surface area (Å²) in [5.74, 6) is 0.899. The Labute approximate surface area is 141 Å². The maximum Gasteiger partial charge on any atom is 0.317 e. The molecule has 2 N–H and O–H groups in total. The van der Waals surface area contributed by atoms with Crippen molar-refractivity contribution in [3.8, 4) is 0 Å². The van der Waals surface area contributed by atoms with Crippen LogP contribution in [0, 0.1) is 0 Å². The van der Waals surface area contributed by atoms with Gasteiger partial charge in [0.05, 0.1) is 11.1 Å². The molecule has 1 aromatic rings. The molecular formula is C16H23ClN4O2. The number of rotatable bonds is 2. The normalized spacial score (nSPS) is 25.3. The first-order chi connectivity index (χ1) is 11.1. The third kappa shape index (κ3) is 4.26. The molecule has 2 heterocycles. The van der Waals surface area contributed by atoms with Gasteiger partial charge in [0, 0.05) is 38.4 Å². The average Bonchev–Trinajstić information content (AvgIpc) is 2.58. The second-order valence-electron chi connectivity index (χ2n) is 6.26. The standard InChI is InChI=1S/C16H23ClN4O2/c17-12-1-6-15(18-11-12)20-7-9-21(10-8-20)16(23)19-13-2-4-14(22)5-3-13/h1,6,11,13-14,22H,2-5,7-10H2,(H,19,23). The van der Waals surface area contributed by atoms with Gasteiger partial charge in [-0.2, -0.15) is 0 Å². The maximum atomic E-state index is 12.3. The van der Waals surface area contributed by atoms with Crippen LogP contribution in [0.5, 0.6) is 0 Å². The molecule has 2 aliphatic rings. The molecule has 0 spiro atoms. The number of nitrogens with zero attached hydrogens (tertiary/aromatic N) is 3. The van der Waals surface area contributed by atoms with E-state index in [-0.39, 0.29) is 18.2 Å². The number of amides is 2. The Morgan fingerprint density at radius 1 is 1.17 bits per heavy atom. The van der Waals surface area contributed by atoms with Crippen LogP contribution in [-0.2, 0) is 0 Å². The van der Waals surface area contributed by atoms with Crippen molar-refractivity contribution in [3.63, 3.8) is 0 Å². The number of carbonyl (C=O) groups excluding carboxylic acids is 1. The van der Waals surface area contributed by atoms with Gasteiger partial charge in [0.15, 0.2) is 0 Å². The number of urea groups is 1. The van der Waals surface area contributed by atoms with Crippen molar-refractivity contribution in [2.24, 2.45) is 0 Å². The first-order valence-electron chi connectivity index (χ1n) is 8.22. The van der Waals surface area contributed by atoms with Crippen LogP contribution in [0.1, 0.15) is 25.7 Å². The zero-order valence-corrected chi connectivity index (χ0v) is 13.9. The minimum absolute atomic E-state index is 0.00936. The topological polar surface area (TPSA) is 68.7 Å². The lowest BCUT2D eigenvalue weighted by molar-refractivity contribution is 0.115. The summed E-state index contributed by atoms with van der Waals surface area (Å²) in [7, 11) is 0. The van der Waals surface area contributed by atoms with Gasteiger partial charge in [0.25, 0.3) is 0 Å². The zero-order valence-electron chi connectivity index (χ0n) is 13.1. The molecule has 0 unspecified atom stereocenters. The van der Waals surface area contributed by atoms with Crippen molar-refractivity contribution in [1.82, 2.24) is 15.2 Å². The molecule has 6 nitrogen and oxygen atoms in total. The molecule has 2 amide bonds. The van der Waals surface area contributed by atoms with Gasteiger partial charge in [0.1, 0.15) is 5.82 Å². The molecule has 0 radical (unpaired) electrons. The zero-order chi connectivity index (χ0) is 16.2. The summed E-state index contributed by atoms with van der Waals surface area (Å²) >= 11 is 5.86. The highest BCUT2D eigenvalue weighted by Gasteiger charge is 2.25. The average molecular weight is 339 g/mol. The van der Waals surface area contributed by atoms with Crippen LogP contribution >= 0.6 is 11.6 Å². The van der Waals surface area contributed by atoms with Gasteiger partial charge >= 0.3 is 6.03 Å². The fourth-order valence-electron chi connectivity index (χ4n) is 3.18. The van der Waals surface area contributed by atoms with E-state index in [0.717, 1.165) is 44.6 Å². The molecule has 126 valence electrons. The Balaban J connectivity index is 1.46. The molecule has 3 rings (SSSR count). The Bertz CT molecular complexity index is 523. The van der Waals surface area contributed by atoms with Crippen molar-refractivity contribution in [2.45, 2.75) is 37.8 Å². The molecule has 1 aliphatic carbocycles. The fraction of sp³-hybridized carbons (Fsp3) is 0.625. The number of hydrogen-bond donors (Lipinski definition) is 2. The van der Waals surface area contributed by atoms with Crippen LogP contribution in [0.3, 0.4) is 0 Å². The first kappa shape index (κ1) is 16.3. The molecule has 7 heteroatoms. The Morgan fingerprint density at radius 2 is 1.87 bits per heavy atom. The van der Waals surface area contributed by atoms with Crippen LogP contribution in [0.15, 0.2) is 18.3 Å². The van der Waals surface area contributed by atoms with Crippen LogP contribution in [0.4, 0.5) is 10.6 Å². The van der Waals surface area contributed by atoms with Crippen molar-refractivity contribution >= 4 is 23.4 Å². The molecule has 0 aromatic carbocycles. The second kappa shape index (κ2) is 7.36. The SMILES string of the molecule is O=C(NC1CCC(O)CC1)N1CCN(c2ccc(Cl)cn2)CC1. The lowest BCUT2D eigenvalue weighted by atomic mass is 9.93. The number of carbonyl (C=O) groups is 1. The highest BCUT2D eigenvalue weighted by atomic mass is 35.5. The number of pyridine rings is 1. The minimum Gasteiger partial charge on any atom is -0.393 e. The second-order valence-corrected chi connectivity index (χ2v) is 6.70. The fourth-order valence-corrected chi connectivity index (χ4v) is 3.29. The van der Waals surface area contributed by atoms with Gasteiger partial charge in [-0.1, -0.05) is 11.6 Å². The molecule has 1 aliphatic heterocycles. The summed E-state index contributed by atoms with van der Waals surface area (Å²) in [6.07, 6.45) is 4.73. The number of hydrogen-bond acceptors (Lipinski definition) is 4. The summed E-state index contributed by atoms with van der Waals surface area (Å²) in [5, 5.41) is 13.2. The van der Waals surface area contributed by atoms with Crippen molar-refractivity contribution < 1.29 is 9.90 Å². The summed E-state index contributed by atoms with van der Waals surface area (Å²) in [6.45, 7) is 2.91. The van der Waals surface area contributed by atoms with Gasteiger partial charge in [-0.3, -0.25) is 0 Å². The summed E-state index contributed by atoms with van der Waals surface area (Å²) in [4.78, 5) is 20.7. The van der Waals surface area contributed by atoms with Gasteiger partial charge in [-0.15, -0.1) is 0 Å². The van der Waals surface area contributed by atoms with E-state index in [0.29, 0.717) is 18.1 Å². The van der Waals surface area contributed by atoms with E-state index in [4.69, 9.17) is 11.6 Å². The van der Waals surface area contributed by atoms with Gasteiger partial charge in [-0.25, -0.2) is 9.78 Å². The molecular weight excluding hydrogens is 316 g/mol. The maximum absolute atomic E-state index is 12.3. The smallest absolute Gasteiger partial charge is 0.317 e. The van der Waals surface area contributed by atoms with Crippen molar-refractivity contribution in [1.29, 1.82) is 0 Å². The van der Waals surface area contributed by atoms with E-state index >= 15 is 0 Å². The molecule has 0 bridgehead atoms. The highest BCUT2D eigenvalue weighted by molar-refractivity contribution is 6.30. The lowest BCUT2D eigenvalue weighted by Gasteiger charge is -2.36. The third-order valence-electron chi connectivity index (χ3n) is 4.63. The Kier molecular flexibility index (Phi) is 5.23. The number of piperazine rings is 1. The number of aliphatic hydroxyl groups excluding tert-OH is 1. The first-order valence-corrected chi connectivity index (χ1v) is 8.59. The molecule has 0 atom stereocenters. The molecule has 1 aromatic heterocycles. The molecule has 1 saturated carbocycles. The predicted octanol–water partition coefficient (Wildman–Crippen LogP) is 1.87. The van der Waals surface area contributed by atoms with Crippen LogP contribution in [0.2, 0.25) is 5.02 Å². The van der Waals surface area contributed by atoms with Gasteiger partial charge in [-0.05, 0) is 37.8 Å². The van der Waals surface area contributed by atoms with Crippen LogP contribution < -0.4 is 10.2 Å². The van der Waals surface area contributed by atoms with E-state index in [1.54, 1.807) is 6.20 Å². The van der Waals surface area contributed by atoms with Gasteiger partial charge in [0.2, 0.25) is 0 Å². The number of halogens is 1. The summed E-state index contributed by atoms with van der Waals surface area (Å²) in [6, 6.07) is 3.95. The van der Waals surface area contributed by atoms with Crippen molar-refractivity contribution in [3.05, 3.63) is 23.4 Å². The summed E-state index contributed by atoms with van der Waals surface area (Å²) < 4.78 is 0. The summed E-state index contributed by atoms with van der Waals surface area (Å²) in [5.41, 5.74) is 0. The van der Waals surface area contributed by atoms with Crippen LogP contribution in [-0.4, -0.2) is 59.3 Å². The van der Waals surface area contributed by atoms with E-state index in [2.05, 4.69) is 15.2 Å². The number of aromatic nitrogens is 1. The monoisotopic (exact) mass is 338 g/mol. The molecule has 23 heavy (non-hydrogen) atoms. The predicted molar refractivity (Wildman–Crippen MR) is 89.8 cm³/mol. The van der Waals surface area contributed by atoms with E-state index < -0.39 is 0 Å². The Hall–Kier alpha value is -1.53. The van der Waals surface area contributed by atoms with Gasteiger partial charge < -0.3 is 20.2 Å². The Morgan fingerprint density at radius 3 is 2.48 bits per heavy atom. The number of anilines is 1. The van der Waals surface area contributed by atoms with Crippen LogP contribution in [0.25, 0.3) is 0 Å². The van der Waals surface area contributed by atoms with E-state index in [1.165, 1.54) is 0 Å².